The van der Waals surface area contributed by atoms with Crippen LogP contribution in [0.1, 0.15) is 22.1 Å². The molecule has 0 N–H and O–H groups in total. The summed E-state index contributed by atoms with van der Waals surface area (Å²) in [4.78, 5) is 0. The molecule has 106 valence electrons. The van der Waals surface area contributed by atoms with Crippen LogP contribution in [0.2, 0.25) is 0 Å². The molecule has 1 unspecified atom stereocenters. The Hall–Kier alpha value is -1.31. The number of aryl methyl sites for hydroxylation is 1. The van der Waals surface area contributed by atoms with Crippen molar-refractivity contribution in [2.24, 2.45) is 0 Å². The highest BCUT2D eigenvalue weighted by Gasteiger charge is 2.13. The predicted octanol–water partition coefficient (Wildman–Crippen LogP) is 6.43. The zero-order chi connectivity index (χ0) is 14.8. The van der Waals surface area contributed by atoms with Crippen molar-refractivity contribution in [2.45, 2.75) is 18.7 Å². The van der Waals surface area contributed by atoms with E-state index in [-0.39, 0.29) is 5.38 Å². The lowest BCUT2D eigenvalue weighted by atomic mass is 9.98. The molecular formula is C19H16BrCl. The summed E-state index contributed by atoms with van der Waals surface area (Å²) in [5.41, 5.74) is 3.68. The second kappa shape index (κ2) is 6.21. The van der Waals surface area contributed by atoms with E-state index in [1.807, 2.05) is 0 Å². The second-order valence-corrected chi connectivity index (χ2v) is 6.72. The molecule has 0 aromatic heterocycles. The summed E-state index contributed by atoms with van der Waals surface area (Å²) in [7, 11) is 0. The van der Waals surface area contributed by atoms with Crippen molar-refractivity contribution in [1.82, 2.24) is 0 Å². The van der Waals surface area contributed by atoms with Gasteiger partial charge < -0.3 is 0 Å². The maximum absolute atomic E-state index is 6.67. The molecular weight excluding hydrogens is 344 g/mol. The van der Waals surface area contributed by atoms with E-state index in [0.717, 1.165) is 16.5 Å². The number of alkyl halides is 1. The predicted molar refractivity (Wildman–Crippen MR) is 95.1 cm³/mol. The first kappa shape index (κ1) is 14.6. The lowest BCUT2D eigenvalue weighted by molar-refractivity contribution is 0.921. The monoisotopic (exact) mass is 358 g/mol. The topological polar surface area (TPSA) is 0 Å². The highest BCUT2D eigenvalue weighted by Crippen LogP contribution is 2.33. The van der Waals surface area contributed by atoms with Gasteiger partial charge in [-0.25, -0.2) is 0 Å². The quantitative estimate of drug-likeness (QED) is 0.472. The van der Waals surface area contributed by atoms with Crippen LogP contribution in [0.4, 0.5) is 0 Å². The number of hydrogen-bond acceptors (Lipinski definition) is 0. The summed E-state index contributed by atoms with van der Waals surface area (Å²) in [6, 6.07) is 21.2. The van der Waals surface area contributed by atoms with Crippen LogP contribution in [0.25, 0.3) is 10.8 Å². The van der Waals surface area contributed by atoms with Crippen LogP contribution < -0.4 is 0 Å². The van der Waals surface area contributed by atoms with Crippen LogP contribution in [-0.2, 0) is 6.42 Å². The fourth-order valence-corrected chi connectivity index (χ4v) is 3.92. The standard InChI is InChI=1S/C19H16BrCl/c1-13-9-10-17(18(20)11-13)19(21)12-15-7-4-6-14-5-2-3-8-16(14)15/h2-11,19H,12H2,1H3. The average molecular weight is 360 g/mol. The summed E-state index contributed by atoms with van der Waals surface area (Å²) in [5, 5.41) is 2.52. The fourth-order valence-electron chi connectivity index (χ4n) is 2.66. The van der Waals surface area contributed by atoms with Crippen LogP contribution in [0.15, 0.2) is 65.1 Å². The minimum absolute atomic E-state index is 0.0363. The third-order valence-corrected chi connectivity index (χ3v) is 4.85. The van der Waals surface area contributed by atoms with E-state index in [0.29, 0.717) is 0 Å². The number of halogens is 2. The zero-order valence-electron chi connectivity index (χ0n) is 11.8. The molecule has 1 atom stereocenters. The molecule has 0 aliphatic carbocycles. The Morgan fingerprint density at radius 1 is 1.00 bits per heavy atom. The van der Waals surface area contributed by atoms with Crippen molar-refractivity contribution in [3.63, 3.8) is 0 Å². The third-order valence-electron chi connectivity index (χ3n) is 3.77. The zero-order valence-corrected chi connectivity index (χ0v) is 14.2. The second-order valence-electron chi connectivity index (χ2n) is 5.33. The van der Waals surface area contributed by atoms with E-state index in [4.69, 9.17) is 11.6 Å². The fraction of sp³-hybridized carbons (Fsp3) is 0.158. The van der Waals surface area contributed by atoms with Crippen molar-refractivity contribution in [3.8, 4) is 0 Å². The van der Waals surface area contributed by atoms with Crippen molar-refractivity contribution >= 4 is 38.3 Å². The summed E-state index contributed by atoms with van der Waals surface area (Å²) in [6.45, 7) is 2.09. The van der Waals surface area contributed by atoms with Gasteiger partial charge in [-0.1, -0.05) is 70.5 Å². The highest BCUT2D eigenvalue weighted by molar-refractivity contribution is 9.10. The Kier molecular flexibility index (Phi) is 4.32. The first-order valence-corrected chi connectivity index (χ1v) is 8.25. The molecule has 3 aromatic carbocycles. The Bertz CT molecular complexity index is 774. The highest BCUT2D eigenvalue weighted by atomic mass is 79.9. The Balaban J connectivity index is 1.94. The van der Waals surface area contributed by atoms with E-state index in [9.17, 15) is 0 Å². The van der Waals surface area contributed by atoms with Gasteiger partial charge in [0.1, 0.15) is 0 Å². The maximum atomic E-state index is 6.67. The van der Waals surface area contributed by atoms with Gasteiger partial charge in [0.15, 0.2) is 0 Å². The maximum Gasteiger partial charge on any atom is 0.0636 e. The summed E-state index contributed by atoms with van der Waals surface area (Å²) >= 11 is 10.3. The van der Waals surface area contributed by atoms with E-state index in [1.54, 1.807) is 0 Å². The summed E-state index contributed by atoms with van der Waals surface area (Å²) in [6.07, 6.45) is 0.824. The van der Waals surface area contributed by atoms with Gasteiger partial charge in [0.25, 0.3) is 0 Å². The largest absolute Gasteiger partial charge is 0.117 e. The summed E-state index contributed by atoms with van der Waals surface area (Å²) in [5.74, 6) is 0. The first-order valence-electron chi connectivity index (χ1n) is 7.02. The van der Waals surface area contributed by atoms with Gasteiger partial charge >= 0.3 is 0 Å². The molecule has 0 amide bonds. The molecule has 0 heterocycles. The Morgan fingerprint density at radius 2 is 1.76 bits per heavy atom. The molecule has 0 spiro atoms. The summed E-state index contributed by atoms with van der Waals surface area (Å²) < 4.78 is 1.09. The first-order chi connectivity index (χ1) is 10.1. The molecule has 0 nitrogen and oxygen atoms in total. The van der Waals surface area contributed by atoms with Crippen molar-refractivity contribution in [1.29, 1.82) is 0 Å². The number of hydrogen-bond donors (Lipinski definition) is 0. The Morgan fingerprint density at radius 3 is 2.57 bits per heavy atom. The number of fused-ring (bicyclic) bond motifs is 1. The lowest BCUT2D eigenvalue weighted by Gasteiger charge is -2.14. The van der Waals surface area contributed by atoms with Gasteiger partial charge in [-0.15, -0.1) is 11.6 Å². The SMILES string of the molecule is Cc1ccc(C(Cl)Cc2cccc3ccccc23)c(Br)c1. The smallest absolute Gasteiger partial charge is 0.0636 e. The van der Waals surface area contributed by atoms with Gasteiger partial charge in [-0.3, -0.25) is 0 Å². The van der Waals surface area contributed by atoms with Crippen molar-refractivity contribution < 1.29 is 0 Å². The van der Waals surface area contributed by atoms with Gasteiger partial charge in [-0.2, -0.15) is 0 Å². The van der Waals surface area contributed by atoms with Gasteiger partial charge in [-0.05, 0) is 46.9 Å². The van der Waals surface area contributed by atoms with E-state index >= 15 is 0 Å². The molecule has 0 bridgehead atoms. The molecule has 0 fully saturated rings. The number of rotatable bonds is 3. The third kappa shape index (κ3) is 3.14. The van der Waals surface area contributed by atoms with Crippen LogP contribution in [0.3, 0.4) is 0 Å². The van der Waals surface area contributed by atoms with Crippen LogP contribution in [0.5, 0.6) is 0 Å². The van der Waals surface area contributed by atoms with Crippen LogP contribution in [0, 0.1) is 6.92 Å². The normalized spacial score (nSPS) is 12.5. The molecule has 2 heteroatoms. The van der Waals surface area contributed by atoms with Gasteiger partial charge in [0.2, 0.25) is 0 Å². The minimum atomic E-state index is -0.0363. The van der Waals surface area contributed by atoms with E-state index in [1.165, 1.54) is 21.9 Å². The molecule has 3 aromatic rings. The van der Waals surface area contributed by atoms with Crippen LogP contribution in [-0.4, -0.2) is 0 Å². The Labute approximate surface area is 138 Å². The van der Waals surface area contributed by atoms with Crippen molar-refractivity contribution in [3.05, 3.63) is 81.8 Å². The molecule has 0 saturated heterocycles. The molecule has 0 aliphatic rings. The van der Waals surface area contributed by atoms with Gasteiger partial charge in [0, 0.05) is 4.47 Å². The molecule has 0 saturated carbocycles. The van der Waals surface area contributed by atoms with Crippen molar-refractivity contribution in [2.75, 3.05) is 0 Å². The van der Waals surface area contributed by atoms with E-state index in [2.05, 4.69) is 83.5 Å². The molecule has 0 radical (unpaired) electrons. The van der Waals surface area contributed by atoms with Crippen LogP contribution >= 0.6 is 27.5 Å². The molecule has 3 rings (SSSR count). The molecule has 0 aliphatic heterocycles. The number of benzene rings is 3. The van der Waals surface area contributed by atoms with E-state index < -0.39 is 0 Å². The minimum Gasteiger partial charge on any atom is -0.117 e. The molecule has 21 heavy (non-hydrogen) atoms. The van der Waals surface area contributed by atoms with Gasteiger partial charge in [0.05, 0.1) is 5.38 Å². The average Bonchev–Trinajstić information content (AvgIpc) is 2.47. The lowest BCUT2D eigenvalue weighted by Crippen LogP contribution is -1.98.